The molecule has 1 fully saturated rings. The normalized spacial score (nSPS) is 18.4. The van der Waals surface area contributed by atoms with Crippen molar-refractivity contribution in [3.05, 3.63) is 24.3 Å². The Morgan fingerprint density at radius 1 is 1.25 bits per heavy atom. The monoisotopic (exact) mass is 277 g/mol. The van der Waals surface area contributed by atoms with Crippen molar-refractivity contribution in [1.29, 1.82) is 0 Å². The molecule has 1 saturated heterocycles. The number of benzene rings is 1. The number of anilines is 2. The van der Waals surface area contributed by atoms with E-state index in [1.807, 2.05) is 0 Å². The number of rotatable bonds is 4. The molecular formula is C14H19N3O3. The summed E-state index contributed by atoms with van der Waals surface area (Å²) in [7, 11) is 0. The number of ether oxygens (including phenoxy) is 1. The van der Waals surface area contributed by atoms with Crippen molar-refractivity contribution < 1.29 is 14.3 Å². The molecule has 108 valence electrons. The van der Waals surface area contributed by atoms with Gasteiger partial charge in [-0.1, -0.05) is 6.92 Å². The van der Waals surface area contributed by atoms with Crippen LogP contribution < -0.4 is 16.0 Å². The molecular weight excluding hydrogens is 258 g/mol. The largest absolute Gasteiger partial charge is 0.366 e. The number of hydrogen-bond acceptors (Lipinski definition) is 4. The summed E-state index contributed by atoms with van der Waals surface area (Å²) in [4.78, 5) is 23.2. The molecule has 0 aromatic heterocycles. The van der Waals surface area contributed by atoms with Crippen molar-refractivity contribution in [1.82, 2.24) is 5.32 Å². The second-order valence-electron chi connectivity index (χ2n) is 4.53. The number of nitrogens with one attached hydrogen (secondary N) is 3. The van der Waals surface area contributed by atoms with E-state index in [0.29, 0.717) is 30.9 Å². The van der Waals surface area contributed by atoms with E-state index in [-0.39, 0.29) is 11.8 Å². The Hall–Kier alpha value is -1.92. The maximum atomic E-state index is 11.9. The van der Waals surface area contributed by atoms with Crippen LogP contribution in [-0.2, 0) is 14.3 Å². The van der Waals surface area contributed by atoms with E-state index in [0.717, 1.165) is 6.54 Å². The van der Waals surface area contributed by atoms with Crippen molar-refractivity contribution in [3.63, 3.8) is 0 Å². The number of carbonyl (C=O) groups is 2. The van der Waals surface area contributed by atoms with Crippen LogP contribution in [0.15, 0.2) is 24.3 Å². The number of morpholine rings is 1. The number of carbonyl (C=O) groups excluding carboxylic acids is 2. The smallest absolute Gasteiger partial charge is 0.254 e. The minimum absolute atomic E-state index is 0.0385. The van der Waals surface area contributed by atoms with Crippen molar-refractivity contribution in [2.45, 2.75) is 19.4 Å². The zero-order chi connectivity index (χ0) is 14.4. The minimum atomic E-state index is -0.455. The standard InChI is InChI=1S/C14H19N3O3/c1-2-13(18)16-10-3-5-11(6-4-10)17-14(19)12-9-15-7-8-20-12/h3-6,12,15H,2,7-9H2,1H3,(H,16,18)(H,17,19). The summed E-state index contributed by atoms with van der Waals surface area (Å²) in [5, 5.41) is 8.64. The zero-order valence-corrected chi connectivity index (χ0v) is 11.4. The van der Waals surface area contributed by atoms with Crippen LogP contribution >= 0.6 is 0 Å². The summed E-state index contributed by atoms with van der Waals surface area (Å²) in [6.45, 7) is 3.63. The minimum Gasteiger partial charge on any atom is -0.366 e. The molecule has 0 saturated carbocycles. The summed E-state index contributed by atoms with van der Waals surface area (Å²) < 4.78 is 5.37. The van der Waals surface area contributed by atoms with Gasteiger partial charge in [0.1, 0.15) is 6.10 Å². The van der Waals surface area contributed by atoms with Gasteiger partial charge in [0, 0.05) is 30.9 Å². The van der Waals surface area contributed by atoms with Crippen molar-refractivity contribution in [2.24, 2.45) is 0 Å². The van der Waals surface area contributed by atoms with Gasteiger partial charge in [0.25, 0.3) is 5.91 Å². The van der Waals surface area contributed by atoms with Gasteiger partial charge in [-0.2, -0.15) is 0 Å². The predicted octanol–water partition coefficient (Wildman–Crippen LogP) is 0.962. The molecule has 2 rings (SSSR count). The fourth-order valence-corrected chi connectivity index (χ4v) is 1.84. The van der Waals surface area contributed by atoms with Crippen LogP contribution in [-0.4, -0.2) is 37.6 Å². The molecule has 0 radical (unpaired) electrons. The highest BCUT2D eigenvalue weighted by atomic mass is 16.5. The molecule has 6 heteroatoms. The van der Waals surface area contributed by atoms with Gasteiger partial charge in [0.2, 0.25) is 5.91 Å². The fourth-order valence-electron chi connectivity index (χ4n) is 1.84. The highest BCUT2D eigenvalue weighted by molar-refractivity contribution is 5.95. The third-order valence-corrected chi connectivity index (χ3v) is 2.98. The van der Waals surface area contributed by atoms with Crippen molar-refractivity contribution >= 4 is 23.2 Å². The molecule has 1 aliphatic rings. The van der Waals surface area contributed by atoms with Crippen LogP contribution in [0.4, 0.5) is 11.4 Å². The molecule has 2 amide bonds. The highest BCUT2D eigenvalue weighted by Crippen LogP contribution is 2.14. The first kappa shape index (κ1) is 14.5. The first-order chi connectivity index (χ1) is 9.69. The quantitative estimate of drug-likeness (QED) is 0.766. The topological polar surface area (TPSA) is 79.5 Å². The van der Waals surface area contributed by atoms with Gasteiger partial charge in [-0.25, -0.2) is 0 Å². The third kappa shape index (κ3) is 4.04. The second-order valence-corrected chi connectivity index (χ2v) is 4.53. The van der Waals surface area contributed by atoms with Crippen LogP contribution in [0.3, 0.4) is 0 Å². The molecule has 1 aromatic rings. The molecule has 0 bridgehead atoms. The van der Waals surface area contributed by atoms with Crippen molar-refractivity contribution in [3.8, 4) is 0 Å². The van der Waals surface area contributed by atoms with Crippen LogP contribution in [0, 0.1) is 0 Å². The molecule has 1 aromatic carbocycles. The third-order valence-electron chi connectivity index (χ3n) is 2.98. The van der Waals surface area contributed by atoms with Crippen molar-refractivity contribution in [2.75, 3.05) is 30.3 Å². The molecule has 0 aliphatic carbocycles. The Morgan fingerprint density at radius 2 is 1.90 bits per heavy atom. The lowest BCUT2D eigenvalue weighted by atomic mass is 10.2. The molecule has 1 aliphatic heterocycles. The van der Waals surface area contributed by atoms with Gasteiger partial charge >= 0.3 is 0 Å². The van der Waals surface area contributed by atoms with E-state index in [9.17, 15) is 9.59 Å². The Kier molecular flexibility index (Phi) is 5.09. The van der Waals surface area contributed by atoms with Crippen LogP contribution in [0.1, 0.15) is 13.3 Å². The molecule has 1 unspecified atom stereocenters. The summed E-state index contributed by atoms with van der Waals surface area (Å²) >= 11 is 0. The zero-order valence-electron chi connectivity index (χ0n) is 11.4. The fraction of sp³-hybridized carbons (Fsp3) is 0.429. The molecule has 20 heavy (non-hydrogen) atoms. The Labute approximate surface area is 117 Å². The predicted molar refractivity (Wildman–Crippen MR) is 76.6 cm³/mol. The lowest BCUT2D eigenvalue weighted by molar-refractivity contribution is -0.128. The van der Waals surface area contributed by atoms with E-state index >= 15 is 0 Å². The Morgan fingerprint density at radius 3 is 2.45 bits per heavy atom. The van der Waals surface area contributed by atoms with Gasteiger partial charge in [0.15, 0.2) is 0 Å². The molecule has 0 spiro atoms. The first-order valence-corrected chi connectivity index (χ1v) is 6.72. The first-order valence-electron chi connectivity index (χ1n) is 6.72. The molecule has 6 nitrogen and oxygen atoms in total. The summed E-state index contributed by atoms with van der Waals surface area (Å²) in [5.74, 6) is -0.203. The van der Waals surface area contributed by atoms with Gasteiger partial charge < -0.3 is 20.7 Å². The summed E-state index contributed by atoms with van der Waals surface area (Å²) in [6, 6.07) is 7.01. The van der Waals surface area contributed by atoms with Crippen LogP contribution in [0.25, 0.3) is 0 Å². The average molecular weight is 277 g/mol. The molecule has 1 atom stereocenters. The molecule has 1 heterocycles. The van der Waals surface area contributed by atoms with E-state index in [1.165, 1.54) is 0 Å². The molecule has 3 N–H and O–H groups in total. The lowest BCUT2D eigenvalue weighted by Crippen LogP contribution is -2.45. The maximum Gasteiger partial charge on any atom is 0.254 e. The van der Waals surface area contributed by atoms with E-state index in [4.69, 9.17) is 4.74 Å². The van der Waals surface area contributed by atoms with E-state index in [1.54, 1.807) is 31.2 Å². The Bertz CT molecular complexity index is 467. The summed E-state index contributed by atoms with van der Waals surface area (Å²) in [6.07, 6.45) is -0.0203. The SMILES string of the molecule is CCC(=O)Nc1ccc(NC(=O)C2CNCCO2)cc1. The maximum absolute atomic E-state index is 11.9. The number of amides is 2. The van der Waals surface area contributed by atoms with E-state index < -0.39 is 6.10 Å². The average Bonchev–Trinajstić information content (AvgIpc) is 2.50. The van der Waals surface area contributed by atoms with Gasteiger partial charge in [-0.15, -0.1) is 0 Å². The number of hydrogen-bond donors (Lipinski definition) is 3. The van der Waals surface area contributed by atoms with Crippen LogP contribution in [0.2, 0.25) is 0 Å². The summed E-state index contributed by atoms with van der Waals surface area (Å²) in [5.41, 5.74) is 1.39. The van der Waals surface area contributed by atoms with Gasteiger partial charge in [-0.3, -0.25) is 9.59 Å². The lowest BCUT2D eigenvalue weighted by Gasteiger charge is -2.22. The second kappa shape index (κ2) is 7.02. The van der Waals surface area contributed by atoms with E-state index in [2.05, 4.69) is 16.0 Å². The van der Waals surface area contributed by atoms with Crippen LogP contribution in [0.5, 0.6) is 0 Å². The van der Waals surface area contributed by atoms with Gasteiger partial charge in [-0.05, 0) is 24.3 Å². The Balaban J connectivity index is 1.89. The van der Waals surface area contributed by atoms with Gasteiger partial charge in [0.05, 0.1) is 6.61 Å². The highest BCUT2D eigenvalue weighted by Gasteiger charge is 2.21.